The fourth-order valence-corrected chi connectivity index (χ4v) is 10.7. The maximum atomic E-state index is 2.55. The van der Waals surface area contributed by atoms with E-state index in [0.29, 0.717) is 0 Å². The van der Waals surface area contributed by atoms with Crippen LogP contribution in [0, 0.1) is 0 Å². The van der Waals surface area contributed by atoms with Gasteiger partial charge in [0, 0.05) is 50.5 Å². The molecule has 0 radical (unpaired) electrons. The molecule has 0 saturated heterocycles. The SMILES string of the molecule is c1ccc(-c2ccccc2N2c3ccccc3B3c4ccccc4N(c4ccccc4-n4c5ccccc5c5ccccc54)c4cc(N(c5ccccc5)c5ccccc5)cc2c43)cc1. The van der Waals surface area contributed by atoms with Gasteiger partial charge in [-0.3, -0.25) is 0 Å². The van der Waals surface area contributed by atoms with Gasteiger partial charge in [0.15, 0.2) is 0 Å². The van der Waals surface area contributed by atoms with Gasteiger partial charge in [0.2, 0.25) is 0 Å². The Labute approximate surface area is 379 Å². The summed E-state index contributed by atoms with van der Waals surface area (Å²) in [5, 5.41) is 2.48. The molecule has 13 rings (SSSR count). The van der Waals surface area contributed by atoms with Crippen LogP contribution in [0.25, 0.3) is 38.6 Å². The standard InChI is InChI=1S/C60H41BN4/c1-4-22-42(23-5-1)46-28-10-15-33-51(46)64-54-36-18-13-31-49(54)61-50-32-14-19-37-55(50)65(57-39-21-20-38-56(57)63-52-34-16-11-29-47(52)48-30-12-17-35-53(48)63)59-41-45(40-58(64)60(59)61)62(43-24-6-2-7-25-43)44-26-8-3-9-27-44/h1-41H. The third kappa shape index (κ3) is 5.79. The molecule has 5 heteroatoms. The van der Waals surface area contributed by atoms with E-state index in [-0.39, 0.29) is 6.71 Å². The minimum atomic E-state index is -0.0276. The number of benzene rings is 10. The highest BCUT2D eigenvalue weighted by Crippen LogP contribution is 2.50. The van der Waals surface area contributed by atoms with E-state index < -0.39 is 0 Å². The largest absolute Gasteiger partial charge is 0.311 e. The van der Waals surface area contributed by atoms with Crippen molar-refractivity contribution in [2.75, 3.05) is 14.7 Å². The van der Waals surface area contributed by atoms with E-state index in [4.69, 9.17) is 0 Å². The van der Waals surface area contributed by atoms with Crippen molar-refractivity contribution in [2.24, 2.45) is 0 Å². The molecule has 0 unspecified atom stereocenters. The number of para-hydroxylation sites is 9. The summed E-state index contributed by atoms with van der Waals surface area (Å²) >= 11 is 0. The van der Waals surface area contributed by atoms with Crippen molar-refractivity contribution in [3.8, 4) is 16.8 Å². The van der Waals surface area contributed by atoms with Crippen LogP contribution in [0.5, 0.6) is 0 Å². The summed E-state index contributed by atoms with van der Waals surface area (Å²) in [5.41, 5.74) is 19.8. The fraction of sp³-hybridized carbons (Fsp3) is 0. The Hall–Kier alpha value is -8.54. The molecule has 10 aromatic carbocycles. The van der Waals surface area contributed by atoms with Gasteiger partial charge in [-0.2, -0.15) is 0 Å². The highest BCUT2D eigenvalue weighted by Gasteiger charge is 2.44. The summed E-state index contributed by atoms with van der Waals surface area (Å²) in [4.78, 5) is 7.50. The van der Waals surface area contributed by atoms with Gasteiger partial charge in [-0.25, -0.2) is 0 Å². The average molecular weight is 829 g/mol. The number of nitrogens with zero attached hydrogens (tertiary/aromatic N) is 4. The molecular formula is C60H41BN4. The van der Waals surface area contributed by atoms with Gasteiger partial charge in [-0.1, -0.05) is 170 Å². The Morgan fingerprint density at radius 3 is 1.29 bits per heavy atom. The second-order valence-electron chi connectivity index (χ2n) is 16.9. The van der Waals surface area contributed by atoms with Crippen LogP contribution in [-0.4, -0.2) is 11.3 Å². The van der Waals surface area contributed by atoms with Gasteiger partial charge in [0.05, 0.1) is 33.8 Å². The topological polar surface area (TPSA) is 14.7 Å². The summed E-state index contributed by atoms with van der Waals surface area (Å²) in [7, 11) is 0. The quantitative estimate of drug-likeness (QED) is 0.149. The van der Waals surface area contributed by atoms with Crippen LogP contribution < -0.4 is 31.1 Å². The van der Waals surface area contributed by atoms with Crippen LogP contribution >= 0.6 is 0 Å². The number of aromatic nitrogens is 1. The molecule has 0 N–H and O–H groups in total. The molecule has 1 aromatic heterocycles. The fourth-order valence-electron chi connectivity index (χ4n) is 10.7. The molecule has 0 saturated carbocycles. The highest BCUT2D eigenvalue weighted by molar-refractivity contribution is 7.00. The van der Waals surface area contributed by atoms with Crippen LogP contribution in [0.2, 0.25) is 0 Å². The molecule has 0 aliphatic carbocycles. The molecule has 65 heavy (non-hydrogen) atoms. The van der Waals surface area contributed by atoms with Gasteiger partial charge in [0.1, 0.15) is 0 Å². The molecule has 0 spiro atoms. The minimum Gasteiger partial charge on any atom is -0.311 e. The number of fused-ring (bicyclic) bond motifs is 7. The van der Waals surface area contributed by atoms with Gasteiger partial charge >= 0.3 is 0 Å². The number of anilines is 9. The molecule has 2 aliphatic heterocycles. The van der Waals surface area contributed by atoms with Gasteiger partial charge in [-0.05, 0) is 101 Å². The number of rotatable bonds is 7. The Kier molecular flexibility index (Phi) is 8.60. The predicted molar refractivity (Wildman–Crippen MR) is 275 cm³/mol. The van der Waals surface area contributed by atoms with Crippen molar-refractivity contribution >= 4 is 96.1 Å². The Morgan fingerprint density at radius 2 is 0.723 bits per heavy atom. The van der Waals surface area contributed by atoms with Crippen LogP contribution in [-0.2, 0) is 0 Å². The predicted octanol–water partition coefficient (Wildman–Crippen LogP) is 14.0. The second kappa shape index (κ2) is 15.1. The zero-order valence-corrected chi connectivity index (χ0v) is 35.5. The Bertz CT molecular complexity index is 3490. The first kappa shape index (κ1) is 37.1. The molecule has 11 aromatic rings. The number of hydrogen-bond acceptors (Lipinski definition) is 3. The zero-order valence-electron chi connectivity index (χ0n) is 35.5. The monoisotopic (exact) mass is 828 g/mol. The summed E-state index contributed by atoms with van der Waals surface area (Å²) < 4.78 is 2.46. The van der Waals surface area contributed by atoms with E-state index in [1.165, 1.54) is 60.7 Å². The lowest BCUT2D eigenvalue weighted by atomic mass is 9.33. The first-order valence-corrected chi connectivity index (χ1v) is 22.4. The lowest BCUT2D eigenvalue weighted by Gasteiger charge is -2.45. The van der Waals surface area contributed by atoms with Crippen LogP contribution in [0.1, 0.15) is 0 Å². The van der Waals surface area contributed by atoms with Gasteiger partial charge in [-0.15, -0.1) is 0 Å². The van der Waals surface area contributed by atoms with Crippen LogP contribution in [0.3, 0.4) is 0 Å². The van der Waals surface area contributed by atoms with E-state index in [1.807, 2.05) is 0 Å². The van der Waals surface area contributed by atoms with E-state index in [0.717, 1.165) is 45.5 Å². The molecule has 3 heterocycles. The van der Waals surface area contributed by atoms with Gasteiger partial charge < -0.3 is 19.3 Å². The molecule has 2 aliphatic rings. The summed E-state index contributed by atoms with van der Waals surface area (Å²) in [6, 6.07) is 90.8. The molecule has 0 atom stereocenters. The lowest BCUT2D eigenvalue weighted by molar-refractivity contribution is 1.15. The van der Waals surface area contributed by atoms with Crippen molar-refractivity contribution in [1.82, 2.24) is 4.57 Å². The van der Waals surface area contributed by atoms with Crippen LogP contribution in [0.4, 0.5) is 51.2 Å². The third-order valence-corrected chi connectivity index (χ3v) is 13.3. The van der Waals surface area contributed by atoms with Gasteiger partial charge in [0.25, 0.3) is 6.71 Å². The van der Waals surface area contributed by atoms with E-state index in [1.54, 1.807) is 0 Å². The van der Waals surface area contributed by atoms with Crippen LogP contribution in [0.15, 0.2) is 249 Å². The zero-order chi connectivity index (χ0) is 42.8. The maximum absolute atomic E-state index is 2.55. The second-order valence-corrected chi connectivity index (χ2v) is 16.9. The van der Waals surface area contributed by atoms with E-state index in [2.05, 4.69) is 268 Å². The summed E-state index contributed by atoms with van der Waals surface area (Å²) in [6.45, 7) is -0.0276. The first-order valence-electron chi connectivity index (χ1n) is 22.4. The smallest absolute Gasteiger partial charge is 0.252 e. The first-order chi connectivity index (χ1) is 32.3. The normalized spacial score (nSPS) is 12.5. The van der Waals surface area contributed by atoms with Crippen molar-refractivity contribution in [1.29, 1.82) is 0 Å². The van der Waals surface area contributed by atoms with E-state index in [9.17, 15) is 0 Å². The van der Waals surface area contributed by atoms with E-state index >= 15 is 0 Å². The molecule has 4 nitrogen and oxygen atoms in total. The average Bonchev–Trinajstić information content (AvgIpc) is 3.71. The lowest BCUT2D eigenvalue weighted by Crippen LogP contribution is -2.61. The summed E-state index contributed by atoms with van der Waals surface area (Å²) in [5.74, 6) is 0. The molecule has 0 bridgehead atoms. The molecule has 0 amide bonds. The van der Waals surface area contributed by atoms with Crippen molar-refractivity contribution in [3.05, 3.63) is 249 Å². The molecule has 304 valence electrons. The third-order valence-electron chi connectivity index (χ3n) is 13.3. The molecule has 0 fully saturated rings. The number of hydrogen-bond donors (Lipinski definition) is 0. The van der Waals surface area contributed by atoms with Crippen molar-refractivity contribution in [3.63, 3.8) is 0 Å². The Morgan fingerprint density at radius 1 is 0.308 bits per heavy atom. The van der Waals surface area contributed by atoms with Crippen molar-refractivity contribution in [2.45, 2.75) is 0 Å². The Balaban J connectivity index is 1.16. The minimum absolute atomic E-state index is 0.0276. The van der Waals surface area contributed by atoms with Crippen molar-refractivity contribution < 1.29 is 0 Å². The highest BCUT2D eigenvalue weighted by atomic mass is 15.2. The molecular weight excluding hydrogens is 787 g/mol. The summed E-state index contributed by atoms with van der Waals surface area (Å²) in [6.07, 6.45) is 0. The maximum Gasteiger partial charge on any atom is 0.252 e.